The molecule has 0 fully saturated rings. The van der Waals surface area contributed by atoms with E-state index in [1.165, 1.54) is 7.11 Å². The first-order valence-corrected chi connectivity index (χ1v) is 4.72. The highest BCUT2D eigenvalue weighted by atomic mass is 16.5. The average Bonchev–Trinajstić information content (AvgIpc) is 2.28. The zero-order chi connectivity index (χ0) is 12.1. The van der Waals surface area contributed by atoms with Crippen LogP contribution in [0.1, 0.15) is 12.5 Å². The van der Waals surface area contributed by atoms with Crippen molar-refractivity contribution in [1.29, 1.82) is 0 Å². The molecule has 1 N–H and O–H groups in total. The van der Waals surface area contributed by atoms with Crippen molar-refractivity contribution in [1.82, 2.24) is 0 Å². The monoisotopic (exact) mass is 222 g/mol. The fourth-order valence-corrected chi connectivity index (χ4v) is 1.25. The van der Waals surface area contributed by atoms with Crippen LogP contribution in [0.15, 0.2) is 23.8 Å². The average molecular weight is 222 g/mol. The lowest BCUT2D eigenvalue weighted by Crippen LogP contribution is -1.96. The van der Waals surface area contributed by atoms with Gasteiger partial charge in [0, 0.05) is 5.57 Å². The lowest BCUT2D eigenvalue weighted by molar-refractivity contribution is -0.132. The molecule has 0 heterocycles. The number of aliphatic carboxylic acids is 1. The fraction of sp³-hybridized carbons (Fsp3) is 0.250. The van der Waals surface area contributed by atoms with Gasteiger partial charge < -0.3 is 14.6 Å². The van der Waals surface area contributed by atoms with Crippen LogP contribution in [0.2, 0.25) is 0 Å². The summed E-state index contributed by atoms with van der Waals surface area (Å²) in [6.45, 7) is 1.54. The Kier molecular flexibility index (Phi) is 3.94. The van der Waals surface area contributed by atoms with Gasteiger partial charge in [-0.05, 0) is 30.7 Å². The second-order valence-corrected chi connectivity index (χ2v) is 3.25. The molecule has 0 radical (unpaired) electrons. The van der Waals surface area contributed by atoms with Crippen LogP contribution < -0.4 is 9.47 Å². The minimum absolute atomic E-state index is 0.271. The number of methoxy groups -OCH3 is 2. The SMILES string of the molecule is COc1ccc(/C=C(\C)C(=O)O)cc1OC. The van der Waals surface area contributed by atoms with Crippen molar-refractivity contribution in [3.63, 3.8) is 0 Å². The molecule has 0 saturated carbocycles. The third-order valence-electron chi connectivity index (χ3n) is 2.13. The molecule has 4 heteroatoms. The van der Waals surface area contributed by atoms with E-state index in [1.54, 1.807) is 38.3 Å². The van der Waals surface area contributed by atoms with Gasteiger partial charge in [0.05, 0.1) is 14.2 Å². The van der Waals surface area contributed by atoms with E-state index in [9.17, 15) is 4.79 Å². The smallest absolute Gasteiger partial charge is 0.331 e. The Morgan fingerprint density at radius 1 is 1.25 bits per heavy atom. The van der Waals surface area contributed by atoms with Crippen molar-refractivity contribution in [2.45, 2.75) is 6.92 Å². The molecule has 0 unspecified atom stereocenters. The van der Waals surface area contributed by atoms with Gasteiger partial charge in [0.15, 0.2) is 11.5 Å². The largest absolute Gasteiger partial charge is 0.493 e. The molecule has 0 aliphatic heterocycles. The minimum atomic E-state index is -0.935. The van der Waals surface area contributed by atoms with Gasteiger partial charge in [-0.15, -0.1) is 0 Å². The third-order valence-corrected chi connectivity index (χ3v) is 2.13. The van der Waals surface area contributed by atoms with E-state index >= 15 is 0 Å². The van der Waals surface area contributed by atoms with Crippen LogP contribution in [0.4, 0.5) is 0 Å². The van der Waals surface area contributed by atoms with Gasteiger partial charge in [0.2, 0.25) is 0 Å². The Morgan fingerprint density at radius 3 is 2.38 bits per heavy atom. The van der Waals surface area contributed by atoms with Crippen LogP contribution in [0.5, 0.6) is 11.5 Å². The molecular formula is C12H14O4. The number of benzene rings is 1. The summed E-state index contributed by atoms with van der Waals surface area (Å²) in [5, 5.41) is 8.75. The summed E-state index contributed by atoms with van der Waals surface area (Å²) >= 11 is 0. The normalized spacial score (nSPS) is 11.1. The van der Waals surface area contributed by atoms with Gasteiger partial charge in [-0.2, -0.15) is 0 Å². The number of hydrogen-bond acceptors (Lipinski definition) is 3. The molecule has 1 rings (SSSR count). The van der Waals surface area contributed by atoms with Gasteiger partial charge in [0.25, 0.3) is 0 Å². The third kappa shape index (κ3) is 2.76. The summed E-state index contributed by atoms with van der Waals surface area (Å²) < 4.78 is 10.2. The molecule has 4 nitrogen and oxygen atoms in total. The zero-order valence-corrected chi connectivity index (χ0v) is 9.48. The first-order chi connectivity index (χ1) is 7.58. The van der Waals surface area contributed by atoms with E-state index in [4.69, 9.17) is 14.6 Å². The summed E-state index contributed by atoms with van der Waals surface area (Å²) in [4.78, 5) is 10.7. The maximum atomic E-state index is 10.7. The number of carbonyl (C=O) groups is 1. The number of hydrogen-bond donors (Lipinski definition) is 1. The Labute approximate surface area is 94.1 Å². The molecule has 16 heavy (non-hydrogen) atoms. The van der Waals surface area contributed by atoms with Gasteiger partial charge in [-0.25, -0.2) is 4.79 Å². The van der Waals surface area contributed by atoms with Crippen LogP contribution in [0, 0.1) is 0 Å². The quantitative estimate of drug-likeness (QED) is 0.793. The highest BCUT2D eigenvalue weighted by molar-refractivity contribution is 5.91. The van der Waals surface area contributed by atoms with Crippen molar-refractivity contribution in [2.75, 3.05) is 14.2 Å². The maximum Gasteiger partial charge on any atom is 0.331 e. The maximum absolute atomic E-state index is 10.7. The molecule has 0 saturated heterocycles. The first-order valence-electron chi connectivity index (χ1n) is 4.72. The molecule has 0 amide bonds. The predicted octanol–water partition coefficient (Wildman–Crippen LogP) is 2.19. The molecule has 1 aromatic rings. The topological polar surface area (TPSA) is 55.8 Å². The van der Waals surface area contributed by atoms with E-state index in [-0.39, 0.29) is 5.57 Å². The summed E-state index contributed by atoms with van der Waals surface area (Å²) in [7, 11) is 3.09. The van der Waals surface area contributed by atoms with E-state index in [2.05, 4.69) is 0 Å². The van der Waals surface area contributed by atoms with Crippen LogP contribution in [0.25, 0.3) is 6.08 Å². The van der Waals surface area contributed by atoms with Crippen LogP contribution >= 0.6 is 0 Å². The first kappa shape index (κ1) is 12.1. The van der Waals surface area contributed by atoms with Gasteiger partial charge in [-0.1, -0.05) is 6.07 Å². The van der Waals surface area contributed by atoms with Crippen LogP contribution in [0.3, 0.4) is 0 Å². The van der Waals surface area contributed by atoms with Crippen LogP contribution in [-0.4, -0.2) is 25.3 Å². The lowest BCUT2D eigenvalue weighted by atomic mass is 10.1. The van der Waals surface area contributed by atoms with Crippen molar-refractivity contribution in [3.05, 3.63) is 29.3 Å². The van der Waals surface area contributed by atoms with Crippen LogP contribution in [-0.2, 0) is 4.79 Å². The standard InChI is InChI=1S/C12H14O4/c1-8(12(13)14)6-9-4-5-10(15-2)11(7-9)16-3/h4-7H,1-3H3,(H,13,14)/b8-6+. The van der Waals surface area contributed by atoms with Gasteiger partial charge in [-0.3, -0.25) is 0 Å². The summed E-state index contributed by atoms with van der Waals surface area (Å²) in [5.74, 6) is 0.261. The van der Waals surface area contributed by atoms with Crippen molar-refractivity contribution >= 4 is 12.0 Å². The number of carboxylic acids is 1. The van der Waals surface area contributed by atoms with Gasteiger partial charge >= 0.3 is 5.97 Å². The minimum Gasteiger partial charge on any atom is -0.493 e. The van der Waals surface area contributed by atoms with E-state index in [0.29, 0.717) is 11.5 Å². The molecule has 0 spiro atoms. The molecule has 86 valence electrons. The zero-order valence-electron chi connectivity index (χ0n) is 9.48. The second-order valence-electron chi connectivity index (χ2n) is 3.25. The number of carboxylic acid groups (broad SMARTS) is 1. The Morgan fingerprint density at radius 2 is 1.88 bits per heavy atom. The molecule has 0 aromatic heterocycles. The summed E-state index contributed by atoms with van der Waals surface area (Å²) in [6.07, 6.45) is 1.57. The van der Waals surface area contributed by atoms with Crippen molar-refractivity contribution < 1.29 is 19.4 Å². The Balaban J connectivity index is 3.09. The molecule has 1 aromatic carbocycles. The highest BCUT2D eigenvalue weighted by Gasteiger charge is 2.05. The molecule has 0 aliphatic carbocycles. The van der Waals surface area contributed by atoms with Crippen molar-refractivity contribution in [3.8, 4) is 11.5 Å². The molecule has 0 aliphatic rings. The summed E-state index contributed by atoms with van der Waals surface area (Å²) in [5.41, 5.74) is 1.03. The highest BCUT2D eigenvalue weighted by Crippen LogP contribution is 2.28. The predicted molar refractivity (Wildman–Crippen MR) is 60.8 cm³/mol. The fourth-order valence-electron chi connectivity index (χ4n) is 1.25. The van der Waals surface area contributed by atoms with E-state index < -0.39 is 5.97 Å². The van der Waals surface area contributed by atoms with E-state index in [1.807, 2.05) is 0 Å². The molecular weight excluding hydrogens is 208 g/mol. The summed E-state index contributed by atoms with van der Waals surface area (Å²) in [6, 6.07) is 5.23. The van der Waals surface area contributed by atoms with Gasteiger partial charge in [0.1, 0.15) is 0 Å². The molecule has 0 atom stereocenters. The van der Waals surface area contributed by atoms with Crippen molar-refractivity contribution in [2.24, 2.45) is 0 Å². The number of ether oxygens (including phenoxy) is 2. The van der Waals surface area contributed by atoms with E-state index in [0.717, 1.165) is 5.56 Å². The Bertz CT molecular complexity index is 421. The molecule has 0 bridgehead atoms. The lowest BCUT2D eigenvalue weighted by Gasteiger charge is -2.07. The number of rotatable bonds is 4. The second kappa shape index (κ2) is 5.21. The Hall–Kier alpha value is -1.97.